The molecule has 0 amide bonds. The Morgan fingerprint density at radius 1 is 0.906 bits per heavy atom. The van der Waals surface area contributed by atoms with Gasteiger partial charge in [-0.1, -0.05) is 60.7 Å². The molecule has 4 heteroatoms. The SMILES string of the molecule is Cl.NCC1CCN(c2ccc(CCC(=Cc3ccc(O)cc3)c3ccccc3)cc2)CC1. The minimum atomic E-state index is 0. The van der Waals surface area contributed by atoms with Crippen LogP contribution >= 0.6 is 12.4 Å². The summed E-state index contributed by atoms with van der Waals surface area (Å²) in [4.78, 5) is 2.48. The molecule has 168 valence electrons. The van der Waals surface area contributed by atoms with Gasteiger partial charge in [-0.25, -0.2) is 0 Å². The molecular formula is C28H33ClN2O. The maximum absolute atomic E-state index is 9.57. The van der Waals surface area contributed by atoms with E-state index in [1.54, 1.807) is 12.1 Å². The summed E-state index contributed by atoms with van der Waals surface area (Å²) in [6.45, 7) is 3.03. The number of rotatable bonds is 7. The van der Waals surface area contributed by atoms with Crippen LogP contribution in [-0.2, 0) is 6.42 Å². The molecule has 4 rings (SSSR count). The Labute approximate surface area is 198 Å². The van der Waals surface area contributed by atoms with Crippen molar-refractivity contribution in [3.05, 3.63) is 95.6 Å². The van der Waals surface area contributed by atoms with E-state index in [1.165, 1.54) is 35.2 Å². The van der Waals surface area contributed by atoms with Crippen LogP contribution in [0.15, 0.2) is 78.9 Å². The fourth-order valence-electron chi connectivity index (χ4n) is 4.30. The highest BCUT2D eigenvalue weighted by Gasteiger charge is 2.18. The van der Waals surface area contributed by atoms with E-state index in [0.29, 0.717) is 11.7 Å². The van der Waals surface area contributed by atoms with Gasteiger partial charge in [0, 0.05) is 18.8 Å². The topological polar surface area (TPSA) is 49.5 Å². The van der Waals surface area contributed by atoms with E-state index in [4.69, 9.17) is 5.73 Å². The predicted octanol–water partition coefficient (Wildman–Crippen LogP) is 6.16. The summed E-state index contributed by atoms with van der Waals surface area (Å²) in [7, 11) is 0. The summed E-state index contributed by atoms with van der Waals surface area (Å²) in [5.41, 5.74) is 12.2. The summed E-state index contributed by atoms with van der Waals surface area (Å²) in [5, 5.41) is 9.57. The number of allylic oxidation sites excluding steroid dienone is 1. The Kier molecular flexibility index (Phi) is 8.78. The molecule has 0 bridgehead atoms. The van der Waals surface area contributed by atoms with Gasteiger partial charge in [-0.3, -0.25) is 0 Å². The third kappa shape index (κ3) is 6.38. The number of anilines is 1. The molecule has 1 heterocycles. The lowest BCUT2D eigenvalue weighted by Gasteiger charge is -2.33. The third-order valence-corrected chi connectivity index (χ3v) is 6.31. The Morgan fingerprint density at radius 2 is 1.56 bits per heavy atom. The molecule has 1 aliphatic heterocycles. The molecule has 0 unspecified atom stereocenters. The number of phenols is 1. The number of halogens is 1. The third-order valence-electron chi connectivity index (χ3n) is 6.31. The first-order valence-electron chi connectivity index (χ1n) is 11.3. The lowest BCUT2D eigenvalue weighted by molar-refractivity contribution is 0.414. The van der Waals surface area contributed by atoms with Crippen molar-refractivity contribution in [1.82, 2.24) is 0 Å². The largest absolute Gasteiger partial charge is 0.508 e. The zero-order valence-corrected chi connectivity index (χ0v) is 19.3. The molecule has 0 aromatic heterocycles. The molecule has 3 nitrogen and oxygen atoms in total. The maximum Gasteiger partial charge on any atom is 0.115 e. The first-order valence-corrected chi connectivity index (χ1v) is 11.3. The molecule has 0 saturated carbocycles. The quantitative estimate of drug-likeness (QED) is 0.425. The Bertz CT molecular complexity index is 976. The average Bonchev–Trinajstić information content (AvgIpc) is 2.84. The van der Waals surface area contributed by atoms with E-state index in [0.717, 1.165) is 38.0 Å². The predicted molar refractivity (Wildman–Crippen MR) is 138 cm³/mol. The highest BCUT2D eigenvalue weighted by molar-refractivity contribution is 5.85. The van der Waals surface area contributed by atoms with Gasteiger partial charge in [0.15, 0.2) is 0 Å². The number of nitrogens with zero attached hydrogens (tertiary/aromatic N) is 1. The van der Waals surface area contributed by atoms with Gasteiger partial charge in [0.1, 0.15) is 5.75 Å². The van der Waals surface area contributed by atoms with Gasteiger partial charge >= 0.3 is 0 Å². The molecule has 0 radical (unpaired) electrons. The summed E-state index contributed by atoms with van der Waals surface area (Å²) in [6.07, 6.45) is 6.58. The van der Waals surface area contributed by atoms with Gasteiger partial charge < -0.3 is 15.7 Å². The van der Waals surface area contributed by atoms with Gasteiger partial charge in [0.05, 0.1) is 0 Å². The zero-order chi connectivity index (χ0) is 21.5. The summed E-state index contributed by atoms with van der Waals surface area (Å²) < 4.78 is 0. The molecule has 3 N–H and O–H groups in total. The van der Waals surface area contributed by atoms with Crippen LogP contribution in [0.4, 0.5) is 5.69 Å². The van der Waals surface area contributed by atoms with E-state index >= 15 is 0 Å². The smallest absolute Gasteiger partial charge is 0.115 e. The van der Waals surface area contributed by atoms with Crippen molar-refractivity contribution < 1.29 is 5.11 Å². The minimum Gasteiger partial charge on any atom is -0.508 e. The van der Waals surface area contributed by atoms with Crippen molar-refractivity contribution in [2.75, 3.05) is 24.5 Å². The molecule has 0 atom stereocenters. The number of piperidine rings is 1. The molecule has 1 aliphatic rings. The number of aromatic hydroxyl groups is 1. The average molecular weight is 449 g/mol. The molecule has 3 aromatic rings. The van der Waals surface area contributed by atoms with Crippen LogP contribution in [-0.4, -0.2) is 24.7 Å². The zero-order valence-electron chi connectivity index (χ0n) is 18.5. The van der Waals surface area contributed by atoms with Gasteiger partial charge in [-0.15, -0.1) is 12.4 Å². The van der Waals surface area contributed by atoms with E-state index < -0.39 is 0 Å². The number of hydrogen-bond acceptors (Lipinski definition) is 3. The Morgan fingerprint density at radius 3 is 2.19 bits per heavy atom. The summed E-state index contributed by atoms with van der Waals surface area (Å²) in [5.74, 6) is 0.984. The first kappa shape index (κ1) is 23.9. The molecule has 0 spiro atoms. The van der Waals surface area contributed by atoms with Crippen molar-refractivity contribution in [3.63, 3.8) is 0 Å². The highest BCUT2D eigenvalue weighted by Crippen LogP contribution is 2.26. The van der Waals surface area contributed by atoms with Gasteiger partial charge in [-0.2, -0.15) is 0 Å². The Balaban J connectivity index is 0.00000289. The van der Waals surface area contributed by atoms with Crippen LogP contribution in [0.1, 0.15) is 36.0 Å². The van der Waals surface area contributed by atoms with Crippen molar-refractivity contribution in [2.45, 2.75) is 25.7 Å². The number of benzene rings is 3. The highest BCUT2D eigenvalue weighted by atomic mass is 35.5. The second kappa shape index (κ2) is 11.8. The van der Waals surface area contributed by atoms with Crippen molar-refractivity contribution in [2.24, 2.45) is 11.7 Å². The molecule has 3 aromatic carbocycles. The number of nitrogens with two attached hydrogens (primary N) is 1. The van der Waals surface area contributed by atoms with E-state index in [9.17, 15) is 5.11 Å². The van der Waals surface area contributed by atoms with E-state index in [-0.39, 0.29) is 12.4 Å². The van der Waals surface area contributed by atoms with Crippen LogP contribution in [0.5, 0.6) is 5.75 Å². The van der Waals surface area contributed by atoms with Crippen LogP contribution < -0.4 is 10.6 Å². The number of aryl methyl sites for hydroxylation is 1. The molecule has 32 heavy (non-hydrogen) atoms. The summed E-state index contributed by atoms with van der Waals surface area (Å²) in [6, 6.07) is 27.0. The standard InChI is InChI=1S/C28H32N2O.ClH/c29-21-24-16-18-30(19-17-24)27-12-7-22(8-13-27)6-11-26(25-4-2-1-3-5-25)20-23-9-14-28(31)15-10-23;/h1-5,7-10,12-15,20,24,31H,6,11,16-19,21,29H2;1H. The first-order chi connectivity index (χ1) is 15.2. The number of hydrogen-bond donors (Lipinski definition) is 2. The van der Waals surface area contributed by atoms with Crippen molar-refractivity contribution in [3.8, 4) is 5.75 Å². The minimum absolute atomic E-state index is 0. The van der Waals surface area contributed by atoms with Crippen LogP contribution in [0.2, 0.25) is 0 Å². The van der Waals surface area contributed by atoms with Crippen molar-refractivity contribution in [1.29, 1.82) is 0 Å². The van der Waals surface area contributed by atoms with Gasteiger partial charge in [0.25, 0.3) is 0 Å². The lowest BCUT2D eigenvalue weighted by atomic mass is 9.95. The monoisotopic (exact) mass is 448 g/mol. The number of phenolic OH excluding ortho intramolecular Hbond substituents is 1. The maximum atomic E-state index is 9.57. The molecule has 0 aliphatic carbocycles. The van der Waals surface area contributed by atoms with Crippen molar-refractivity contribution >= 4 is 29.7 Å². The van der Waals surface area contributed by atoms with Crippen LogP contribution in [0.25, 0.3) is 11.6 Å². The van der Waals surface area contributed by atoms with Gasteiger partial charge in [-0.05, 0) is 84.7 Å². The van der Waals surface area contributed by atoms with E-state index in [2.05, 4.69) is 65.6 Å². The van der Waals surface area contributed by atoms with Crippen LogP contribution in [0, 0.1) is 5.92 Å². The molecular weight excluding hydrogens is 416 g/mol. The second-order valence-electron chi connectivity index (χ2n) is 8.46. The second-order valence-corrected chi connectivity index (χ2v) is 8.46. The lowest BCUT2D eigenvalue weighted by Crippen LogP contribution is -2.36. The fraction of sp³-hybridized carbons (Fsp3) is 0.286. The summed E-state index contributed by atoms with van der Waals surface area (Å²) >= 11 is 0. The molecule has 1 fully saturated rings. The fourth-order valence-corrected chi connectivity index (χ4v) is 4.30. The normalized spacial score (nSPS) is 14.8. The van der Waals surface area contributed by atoms with Crippen LogP contribution in [0.3, 0.4) is 0 Å². The molecule has 1 saturated heterocycles. The van der Waals surface area contributed by atoms with E-state index in [1.807, 2.05) is 12.1 Å². The van der Waals surface area contributed by atoms with Gasteiger partial charge in [0.2, 0.25) is 0 Å². The Hall–Kier alpha value is -2.75.